The summed E-state index contributed by atoms with van der Waals surface area (Å²) in [5, 5.41) is 0. The molecule has 0 amide bonds. The largest absolute Gasteiger partial charge is 4.00 e. The molecule has 0 aromatic heterocycles. The topological polar surface area (TPSA) is 92.2 Å². The van der Waals surface area contributed by atoms with Gasteiger partial charge in [-0.3, -0.25) is 0 Å². The predicted octanol–water partition coefficient (Wildman–Crippen LogP) is -5.14. The average Bonchev–Trinajstić information content (AvgIpc) is 0.722. The molecule has 0 aromatic carbocycles. The Kier molecular flexibility index (Phi) is 4.62. The molecule has 0 fully saturated rings. The molecule has 6 heavy (non-hydrogen) atoms. The van der Waals surface area contributed by atoms with E-state index in [0.29, 0.717) is 0 Å². The summed E-state index contributed by atoms with van der Waals surface area (Å²) >= 11 is 0. The second-order valence-electron chi connectivity index (χ2n) is 0.500. The third-order valence-corrected chi connectivity index (χ3v) is 0. The van der Waals surface area contributed by atoms with Gasteiger partial charge >= 0.3 is 20.1 Å². The maximum Gasteiger partial charge on any atom is 4.00 e. The SMILES string of the molecule is [Ir+4].[O-][Si]([O-])([O-])[O-]. The van der Waals surface area contributed by atoms with Crippen LogP contribution in [0.25, 0.3) is 0 Å². The first-order valence-corrected chi connectivity index (χ1v) is 2.45. The first kappa shape index (κ1) is 9.86. The van der Waals surface area contributed by atoms with E-state index < -0.39 is 9.05 Å². The fraction of sp³-hybridized carbons (Fsp3) is 0. The van der Waals surface area contributed by atoms with E-state index >= 15 is 0 Å². The Balaban J connectivity index is 0. The van der Waals surface area contributed by atoms with Crippen molar-refractivity contribution in [3.8, 4) is 0 Å². The summed E-state index contributed by atoms with van der Waals surface area (Å²) in [6, 6.07) is 0. The molecule has 6 heteroatoms. The standard InChI is InChI=1S/Ir.O4Si/c;1-5(2,3)4/q+4;-4. The molecule has 0 unspecified atom stereocenters. The van der Waals surface area contributed by atoms with Gasteiger partial charge in [0, 0.05) is 0 Å². The Morgan fingerprint density at radius 3 is 0.833 bits per heavy atom. The van der Waals surface area contributed by atoms with Gasteiger partial charge in [0.15, 0.2) is 0 Å². The molecule has 0 aliphatic carbocycles. The van der Waals surface area contributed by atoms with Crippen LogP contribution < -0.4 is 19.2 Å². The van der Waals surface area contributed by atoms with E-state index in [0.717, 1.165) is 0 Å². The first-order valence-electron chi connectivity index (χ1n) is 0.816. The molecule has 0 aromatic rings. The molecular formula is IrO4Si. The van der Waals surface area contributed by atoms with Crippen LogP contribution >= 0.6 is 0 Å². The van der Waals surface area contributed by atoms with E-state index in [-0.39, 0.29) is 20.1 Å². The van der Waals surface area contributed by atoms with Crippen molar-refractivity contribution in [2.45, 2.75) is 0 Å². The van der Waals surface area contributed by atoms with Crippen molar-refractivity contribution in [2.75, 3.05) is 0 Å². The van der Waals surface area contributed by atoms with Crippen LogP contribution in [0, 0.1) is 0 Å². The maximum atomic E-state index is 8.58. The molecule has 0 N–H and O–H groups in total. The molecule has 4 nitrogen and oxygen atoms in total. The van der Waals surface area contributed by atoms with Crippen molar-refractivity contribution < 1.29 is 39.3 Å². The second-order valence-corrected chi connectivity index (χ2v) is 1.50. The molecular weight excluding hydrogens is 284 g/mol. The smallest absolute Gasteiger partial charge is 0.894 e. The summed E-state index contributed by atoms with van der Waals surface area (Å²) in [5.74, 6) is 0. The van der Waals surface area contributed by atoms with Crippen molar-refractivity contribution in [2.24, 2.45) is 0 Å². The van der Waals surface area contributed by atoms with Gasteiger partial charge in [-0.15, -0.1) is 0 Å². The fourth-order valence-electron chi connectivity index (χ4n) is 0. The monoisotopic (exact) mass is 285 g/mol. The van der Waals surface area contributed by atoms with Crippen LogP contribution in [0.1, 0.15) is 0 Å². The minimum atomic E-state index is -5.61. The van der Waals surface area contributed by atoms with E-state index in [4.69, 9.17) is 19.2 Å². The van der Waals surface area contributed by atoms with Crippen LogP contribution in [-0.4, -0.2) is 9.05 Å². The number of hydrogen-bond donors (Lipinski definition) is 0. The zero-order chi connectivity index (χ0) is 4.50. The van der Waals surface area contributed by atoms with Gasteiger partial charge in [0.25, 0.3) is 0 Å². The van der Waals surface area contributed by atoms with Crippen molar-refractivity contribution in [1.29, 1.82) is 0 Å². The van der Waals surface area contributed by atoms with Gasteiger partial charge < -0.3 is 28.2 Å². The van der Waals surface area contributed by atoms with E-state index in [1.165, 1.54) is 0 Å². The summed E-state index contributed by atoms with van der Waals surface area (Å²) in [5.41, 5.74) is 0. The molecule has 0 aliphatic heterocycles. The fourth-order valence-corrected chi connectivity index (χ4v) is 0. The summed E-state index contributed by atoms with van der Waals surface area (Å²) < 4.78 is 0. The molecule has 0 saturated carbocycles. The van der Waals surface area contributed by atoms with Crippen molar-refractivity contribution in [3.05, 3.63) is 0 Å². The Bertz CT molecular complexity index is 23.0. The number of rotatable bonds is 0. The van der Waals surface area contributed by atoms with Gasteiger partial charge in [-0.1, -0.05) is 0 Å². The maximum absolute atomic E-state index is 8.58. The van der Waals surface area contributed by atoms with Gasteiger partial charge in [0.05, 0.1) is 0 Å². The van der Waals surface area contributed by atoms with Gasteiger partial charge in [-0.25, -0.2) is 0 Å². The van der Waals surface area contributed by atoms with Gasteiger partial charge in [-0.05, 0) is 0 Å². The van der Waals surface area contributed by atoms with Crippen LogP contribution in [0.3, 0.4) is 0 Å². The van der Waals surface area contributed by atoms with E-state index in [1.807, 2.05) is 0 Å². The zero-order valence-electron chi connectivity index (χ0n) is 2.47. The van der Waals surface area contributed by atoms with Gasteiger partial charge in [0.2, 0.25) is 0 Å². The Morgan fingerprint density at radius 2 is 0.833 bits per heavy atom. The first-order chi connectivity index (χ1) is 2.00. The molecule has 1 radical (unpaired) electrons. The molecule has 0 aliphatic rings. The molecule has 0 spiro atoms. The van der Waals surface area contributed by atoms with Gasteiger partial charge in [-0.2, -0.15) is 0 Å². The van der Waals surface area contributed by atoms with Gasteiger partial charge in [0.1, 0.15) is 0 Å². The molecule has 0 bridgehead atoms. The van der Waals surface area contributed by atoms with Crippen LogP contribution in [-0.2, 0) is 20.1 Å². The summed E-state index contributed by atoms with van der Waals surface area (Å²) in [6.07, 6.45) is 0. The number of hydrogen-bond acceptors (Lipinski definition) is 4. The van der Waals surface area contributed by atoms with Crippen molar-refractivity contribution in [3.63, 3.8) is 0 Å². The predicted molar refractivity (Wildman–Crippen MR) is 5.75 cm³/mol. The molecule has 0 saturated heterocycles. The third-order valence-electron chi connectivity index (χ3n) is 0. The van der Waals surface area contributed by atoms with Crippen LogP contribution in [0.4, 0.5) is 0 Å². The van der Waals surface area contributed by atoms with Crippen LogP contribution in [0.15, 0.2) is 0 Å². The Morgan fingerprint density at radius 1 is 0.833 bits per heavy atom. The quantitative estimate of drug-likeness (QED) is 0.416. The van der Waals surface area contributed by atoms with Crippen LogP contribution in [0.5, 0.6) is 0 Å². The molecule has 0 heterocycles. The van der Waals surface area contributed by atoms with Crippen molar-refractivity contribution >= 4 is 9.05 Å². The molecule has 0 rings (SSSR count). The average molecular weight is 284 g/mol. The van der Waals surface area contributed by atoms with E-state index in [1.54, 1.807) is 0 Å². The molecule has 0 atom stereocenters. The normalized spacial score (nSPS) is 10.0. The minimum absolute atomic E-state index is 0. The summed E-state index contributed by atoms with van der Waals surface area (Å²) in [4.78, 5) is 34.3. The van der Waals surface area contributed by atoms with E-state index in [9.17, 15) is 0 Å². The summed E-state index contributed by atoms with van der Waals surface area (Å²) in [6.45, 7) is 0. The Hall–Kier alpha value is 0.706. The van der Waals surface area contributed by atoms with E-state index in [2.05, 4.69) is 0 Å². The Labute approximate surface area is 48.9 Å². The third kappa shape index (κ3) is 130. The van der Waals surface area contributed by atoms with Crippen LogP contribution in [0.2, 0.25) is 0 Å². The van der Waals surface area contributed by atoms with Crippen molar-refractivity contribution in [1.82, 2.24) is 0 Å². The minimum Gasteiger partial charge on any atom is -0.894 e. The zero-order valence-corrected chi connectivity index (χ0v) is 5.86. The second kappa shape index (κ2) is 2.81. The molecule has 37 valence electrons. The summed E-state index contributed by atoms with van der Waals surface area (Å²) in [7, 11) is -5.61.